The van der Waals surface area contributed by atoms with E-state index in [1.807, 2.05) is 0 Å². The minimum Gasteiger partial charge on any atom is -0.370 e. The largest absolute Gasteiger partial charge is 0.370 e. The van der Waals surface area contributed by atoms with Crippen molar-refractivity contribution in [3.63, 3.8) is 0 Å². The number of hydrogen-bond donors (Lipinski definition) is 2. The molecule has 0 aromatic heterocycles. The fraction of sp³-hybridized carbons (Fsp3) is 0.900. The second kappa shape index (κ2) is 4.28. The average Bonchev–Trinajstić information content (AvgIpc) is 2.07. The van der Waals surface area contributed by atoms with Crippen molar-refractivity contribution in [1.82, 2.24) is 4.90 Å². The van der Waals surface area contributed by atoms with Gasteiger partial charge in [-0.05, 0) is 18.4 Å². The number of likely N-dealkylation sites (tertiary alicyclic amines) is 1. The van der Waals surface area contributed by atoms with Crippen LogP contribution in [0.25, 0.3) is 0 Å². The van der Waals surface area contributed by atoms with E-state index in [4.69, 9.17) is 11.5 Å². The van der Waals surface area contributed by atoms with E-state index in [2.05, 4.69) is 18.7 Å². The molecule has 1 atom stereocenters. The van der Waals surface area contributed by atoms with Crippen molar-refractivity contribution in [2.24, 2.45) is 16.9 Å². The Morgan fingerprint density at radius 1 is 1.57 bits per heavy atom. The molecule has 1 aliphatic rings. The van der Waals surface area contributed by atoms with Gasteiger partial charge in [0.2, 0.25) is 5.91 Å². The van der Waals surface area contributed by atoms with E-state index in [1.54, 1.807) is 0 Å². The molecule has 0 bridgehead atoms. The standard InChI is InChI=1S/C10H21N3O/c1-10(2)7-13(5-3-8(10)11)6-4-9(12)14/h8H,3-7,11H2,1-2H3,(H2,12,14). The molecule has 1 saturated heterocycles. The minimum absolute atomic E-state index is 0.149. The van der Waals surface area contributed by atoms with Gasteiger partial charge in [0.15, 0.2) is 0 Å². The number of hydrogen-bond acceptors (Lipinski definition) is 3. The molecule has 1 amide bonds. The van der Waals surface area contributed by atoms with E-state index in [9.17, 15) is 4.79 Å². The summed E-state index contributed by atoms with van der Waals surface area (Å²) in [5, 5.41) is 0. The van der Waals surface area contributed by atoms with Crippen LogP contribution in [0.4, 0.5) is 0 Å². The van der Waals surface area contributed by atoms with Gasteiger partial charge < -0.3 is 16.4 Å². The normalized spacial score (nSPS) is 27.5. The molecule has 1 fully saturated rings. The smallest absolute Gasteiger partial charge is 0.218 e. The Morgan fingerprint density at radius 3 is 2.71 bits per heavy atom. The molecule has 0 radical (unpaired) electrons. The van der Waals surface area contributed by atoms with Gasteiger partial charge >= 0.3 is 0 Å². The summed E-state index contributed by atoms with van der Waals surface area (Å²) in [4.78, 5) is 12.9. The molecule has 1 unspecified atom stereocenters. The van der Waals surface area contributed by atoms with E-state index >= 15 is 0 Å². The number of carbonyl (C=O) groups excluding carboxylic acids is 1. The van der Waals surface area contributed by atoms with Crippen LogP contribution in [-0.2, 0) is 4.79 Å². The van der Waals surface area contributed by atoms with Crippen molar-refractivity contribution in [3.05, 3.63) is 0 Å². The third-order valence-corrected chi connectivity index (χ3v) is 3.07. The van der Waals surface area contributed by atoms with Crippen molar-refractivity contribution in [2.75, 3.05) is 19.6 Å². The van der Waals surface area contributed by atoms with Crippen LogP contribution in [0.15, 0.2) is 0 Å². The Kier molecular flexibility index (Phi) is 3.50. The molecule has 0 aromatic carbocycles. The number of piperidine rings is 1. The van der Waals surface area contributed by atoms with Crippen molar-refractivity contribution in [1.29, 1.82) is 0 Å². The predicted octanol–water partition coefficient (Wildman–Crippen LogP) is -0.0790. The Balaban J connectivity index is 2.39. The van der Waals surface area contributed by atoms with Crippen LogP contribution in [0.3, 0.4) is 0 Å². The fourth-order valence-electron chi connectivity index (χ4n) is 1.94. The summed E-state index contributed by atoms with van der Waals surface area (Å²) in [5.74, 6) is -0.224. The molecule has 1 rings (SSSR count). The summed E-state index contributed by atoms with van der Waals surface area (Å²) in [5.41, 5.74) is 11.3. The molecule has 82 valence electrons. The summed E-state index contributed by atoms with van der Waals surface area (Å²) >= 11 is 0. The summed E-state index contributed by atoms with van der Waals surface area (Å²) < 4.78 is 0. The lowest BCUT2D eigenvalue weighted by Gasteiger charge is -2.42. The number of nitrogens with two attached hydrogens (primary N) is 2. The predicted molar refractivity (Wildman–Crippen MR) is 56.6 cm³/mol. The molecule has 4 N–H and O–H groups in total. The van der Waals surface area contributed by atoms with Crippen molar-refractivity contribution in [3.8, 4) is 0 Å². The second-order valence-corrected chi connectivity index (χ2v) is 4.88. The molecule has 14 heavy (non-hydrogen) atoms. The SMILES string of the molecule is CC1(C)CN(CCC(N)=O)CCC1N. The second-order valence-electron chi connectivity index (χ2n) is 4.88. The summed E-state index contributed by atoms with van der Waals surface area (Å²) in [6, 6.07) is 0.271. The van der Waals surface area contributed by atoms with Gasteiger partial charge in [-0.3, -0.25) is 4.79 Å². The van der Waals surface area contributed by atoms with E-state index < -0.39 is 0 Å². The van der Waals surface area contributed by atoms with Gasteiger partial charge in [0.05, 0.1) is 0 Å². The minimum atomic E-state index is -0.224. The van der Waals surface area contributed by atoms with Crippen molar-refractivity contribution < 1.29 is 4.79 Å². The average molecular weight is 199 g/mol. The molecule has 4 nitrogen and oxygen atoms in total. The van der Waals surface area contributed by atoms with Gasteiger partial charge in [-0.25, -0.2) is 0 Å². The third kappa shape index (κ3) is 2.96. The molecule has 1 aliphatic heterocycles. The van der Waals surface area contributed by atoms with Gasteiger partial charge in [0, 0.05) is 25.6 Å². The van der Waals surface area contributed by atoms with E-state index in [1.165, 1.54) is 0 Å². The third-order valence-electron chi connectivity index (χ3n) is 3.07. The lowest BCUT2D eigenvalue weighted by Crippen LogP contribution is -2.52. The Morgan fingerprint density at radius 2 is 2.21 bits per heavy atom. The molecule has 0 spiro atoms. The number of amides is 1. The number of primary amides is 1. The van der Waals surface area contributed by atoms with Crippen molar-refractivity contribution >= 4 is 5.91 Å². The molecule has 0 aliphatic carbocycles. The fourth-order valence-corrected chi connectivity index (χ4v) is 1.94. The number of rotatable bonds is 3. The van der Waals surface area contributed by atoms with Crippen LogP contribution in [0.5, 0.6) is 0 Å². The molecule has 1 heterocycles. The Bertz CT molecular complexity index is 215. The monoisotopic (exact) mass is 199 g/mol. The molecular formula is C10H21N3O. The van der Waals surface area contributed by atoms with E-state index in [0.717, 1.165) is 26.1 Å². The topological polar surface area (TPSA) is 72.3 Å². The van der Waals surface area contributed by atoms with Gasteiger partial charge in [-0.15, -0.1) is 0 Å². The van der Waals surface area contributed by atoms with Crippen molar-refractivity contribution in [2.45, 2.75) is 32.7 Å². The van der Waals surface area contributed by atoms with Crippen LogP contribution in [0.1, 0.15) is 26.7 Å². The summed E-state index contributed by atoms with van der Waals surface area (Å²) in [6.07, 6.45) is 1.46. The lowest BCUT2D eigenvalue weighted by molar-refractivity contribution is -0.118. The highest BCUT2D eigenvalue weighted by Gasteiger charge is 2.32. The van der Waals surface area contributed by atoms with Crippen LogP contribution < -0.4 is 11.5 Å². The lowest BCUT2D eigenvalue weighted by atomic mass is 9.80. The Hall–Kier alpha value is -0.610. The first-order valence-electron chi connectivity index (χ1n) is 5.18. The number of nitrogens with zero attached hydrogens (tertiary/aromatic N) is 1. The van der Waals surface area contributed by atoms with Crippen LogP contribution in [0, 0.1) is 5.41 Å². The van der Waals surface area contributed by atoms with E-state index in [-0.39, 0.29) is 17.4 Å². The Labute approximate surface area is 85.6 Å². The van der Waals surface area contributed by atoms with Crippen LogP contribution in [-0.4, -0.2) is 36.5 Å². The highest BCUT2D eigenvalue weighted by atomic mass is 16.1. The van der Waals surface area contributed by atoms with Gasteiger partial charge in [-0.1, -0.05) is 13.8 Å². The van der Waals surface area contributed by atoms with Crippen LogP contribution >= 0.6 is 0 Å². The van der Waals surface area contributed by atoms with Gasteiger partial charge in [-0.2, -0.15) is 0 Å². The highest BCUT2D eigenvalue weighted by molar-refractivity contribution is 5.73. The number of carbonyl (C=O) groups is 1. The summed E-state index contributed by atoms with van der Waals surface area (Å²) in [7, 11) is 0. The molecule has 0 aromatic rings. The summed E-state index contributed by atoms with van der Waals surface area (Å²) in [6.45, 7) is 7.06. The zero-order valence-corrected chi connectivity index (χ0v) is 9.12. The zero-order chi connectivity index (χ0) is 10.8. The maximum Gasteiger partial charge on any atom is 0.218 e. The zero-order valence-electron chi connectivity index (χ0n) is 9.12. The van der Waals surface area contributed by atoms with E-state index in [0.29, 0.717) is 6.42 Å². The van der Waals surface area contributed by atoms with Gasteiger partial charge in [0.25, 0.3) is 0 Å². The maximum atomic E-state index is 10.6. The quantitative estimate of drug-likeness (QED) is 0.668. The van der Waals surface area contributed by atoms with Gasteiger partial charge in [0.1, 0.15) is 0 Å². The first-order chi connectivity index (χ1) is 6.42. The highest BCUT2D eigenvalue weighted by Crippen LogP contribution is 2.27. The maximum absolute atomic E-state index is 10.6. The first-order valence-corrected chi connectivity index (χ1v) is 5.18. The van der Waals surface area contributed by atoms with Crippen LogP contribution in [0.2, 0.25) is 0 Å². The first kappa shape index (κ1) is 11.5. The molecular weight excluding hydrogens is 178 g/mol. The molecule has 0 saturated carbocycles. The molecule has 4 heteroatoms.